The molecule has 2 aliphatic carbocycles. The van der Waals surface area contributed by atoms with Crippen LogP contribution in [0, 0.1) is 0 Å². The third kappa shape index (κ3) is 6.92. The number of para-hydroxylation sites is 4. The third-order valence-corrected chi connectivity index (χ3v) is 18.0. The second-order valence-electron chi connectivity index (χ2n) is 22.2. The summed E-state index contributed by atoms with van der Waals surface area (Å²) in [4.78, 5) is 2.42. The maximum atomic E-state index is 6.70. The summed E-state index contributed by atoms with van der Waals surface area (Å²) in [6, 6.07) is 113. The van der Waals surface area contributed by atoms with E-state index in [0.717, 1.165) is 84.6 Å². The van der Waals surface area contributed by atoms with Gasteiger partial charge in [-0.1, -0.05) is 237 Å². The maximum Gasteiger partial charge on any atom is 0.132 e. The Morgan fingerprint density at radius 3 is 1.18 bits per heavy atom. The van der Waals surface area contributed by atoms with Crippen LogP contribution in [0.2, 0.25) is 0 Å². The Bertz CT molecular complexity index is 4670. The number of rotatable bonds is 7. The standard InChI is InChI=1S/C80H51NO2/c1-2-20-52(21-3-1)54-22-16-23-55(48-54)53-42-45-59(46-43-53)81(60-26-17-24-56(49-60)57-44-47-68-65(51-57)63-28-4-6-31-66(63)79(68)69-33-8-12-38-74(69)82-75-39-13-9-34-70(75)79)61-27-18-25-58(50-61)62-30-19-37-73-78(62)64-29-5-7-32-67(64)80(73)71-35-10-14-40-76(71)83-77-41-15-11-36-72(77)80/h1-51H. The molecule has 3 heteroatoms. The summed E-state index contributed by atoms with van der Waals surface area (Å²) in [5.41, 5.74) is 26.1. The van der Waals surface area contributed by atoms with E-state index < -0.39 is 10.8 Å². The molecule has 0 bridgehead atoms. The first-order valence-corrected chi connectivity index (χ1v) is 28.6. The van der Waals surface area contributed by atoms with Gasteiger partial charge >= 0.3 is 0 Å². The second-order valence-corrected chi connectivity index (χ2v) is 22.2. The molecule has 0 saturated carbocycles. The highest BCUT2D eigenvalue weighted by atomic mass is 16.5. The molecule has 0 amide bonds. The van der Waals surface area contributed by atoms with E-state index in [2.05, 4.69) is 314 Å². The van der Waals surface area contributed by atoms with Gasteiger partial charge in [-0.25, -0.2) is 0 Å². The van der Waals surface area contributed by atoms with Crippen LogP contribution < -0.4 is 14.4 Å². The van der Waals surface area contributed by atoms with Crippen LogP contribution in [0.5, 0.6) is 23.0 Å². The second kappa shape index (κ2) is 18.4. The monoisotopic (exact) mass is 1060 g/mol. The van der Waals surface area contributed by atoms with Gasteiger partial charge < -0.3 is 14.4 Å². The summed E-state index contributed by atoms with van der Waals surface area (Å²) in [7, 11) is 0. The van der Waals surface area contributed by atoms with E-state index in [1.54, 1.807) is 0 Å². The summed E-state index contributed by atoms with van der Waals surface area (Å²) < 4.78 is 13.3. The minimum absolute atomic E-state index is 0.532. The van der Waals surface area contributed by atoms with Crippen LogP contribution in [-0.2, 0) is 10.8 Å². The van der Waals surface area contributed by atoms with Crippen molar-refractivity contribution in [2.24, 2.45) is 0 Å². The fourth-order valence-corrected chi connectivity index (χ4v) is 14.6. The molecule has 83 heavy (non-hydrogen) atoms. The van der Waals surface area contributed by atoms with Gasteiger partial charge in [-0.3, -0.25) is 0 Å². The molecule has 13 aromatic carbocycles. The predicted octanol–water partition coefficient (Wildman–Crippen LogP) is 20.8. The molecule has 17 rings (SSSR count). The smallest absolute Gasteiger partial charge is 0.132 e. The van der Waals surface area contributed by atoms with Gasteiger partial charge in [0.15, 0.2) is 0 Å². The molecule has 3 nitrogen and oxygen atoms in total. The van der Waals surface area contributed by atoms with Crippen LogP contribution >= 0.6 is 0 Å². The van der Waals surface area contributed by atoms with Gasteiger partial charge in [-0.15, -0.1) is 0 Å². The predicted molar refractivity (Wildman–Crippen MR) is 338 cm³/mol. The van der Waals surface area contributed by atoms with Gasteiger partial charge in [0.05, 0.1) is 10.8 Å². The Labute approximate surface area is 483 Å². The fraction of sp³-hybridized carbons (Fsp3) is 0.0250. The van der Waals surface area contributed by atoms with E-state index in [4.69, 9.17) is 9.47 Å². The van der Waals surface area contributed by atoms with E-state index in [9.17, 15) is 0 Å². The van der Waals surface area contributed by atoms with Crippen LogP contribution in [-0.4, -0.2) is 0 Å². The van der Waals surface area contributed by atoms with E-state index in [0.29, 0.717) is 0 Å². The Balaban J connectivity index is 0.822. The molecule has 0 aromatic heterocycles. The highest BCUT2D eigenvalue weighted by Gasteiger charge is 2.53. The minimum atomic E-state index is -0.570. The number of anilines is 3. The van der Waals surface area contributed by atoms with E-state index in [1.807, 2.05) is 0 Å². The number of ether oxygens (including phenoxy) is 2. The molecule has 13 aromatic rings. The normalized spacial score (nSPS) is 13.7. The Hall–Kier alpha value is -10.7. The number of benzene rings is 13. The van der Waals surface area contributed by atoms with E-state index >= 15 is 0 Å². The summed E-state index contributed by atoms with van der Waals surface area (Å²) in [6.07, 6.45) is 0. The Kier molecular flexibility index (Phi) is 10.4. The van der Waals surface area contributed by atoms with Crippen molar-refractivity contribution in [3.05, 3.63) is 354 Å². The molecule has 0 unspecified atom stereocenters. The molecule has 0 saturated heterocycles. The Morgan fingerprint density at radius 2 is 0.578 bits per heavy atom. The lowest BCUT2D eigenvalue weighted by Gasteiger charge is -2.39. The van der Waals surface area contributed by atoms with Crippen LogP contribution in [0.1, 0.15) is 44.5 Å². The molecule has 388 valence electrons. The Morgan fingerprint density at radius 1 is 0.205 bits per heavy atom. The van der Waals surface area contributed by atoms with Gasteiger partial charge in [-0.2, -0.15) is 0 Å². The molecule has 2 spiro atoms. The molecular weight excluding hydrogens is 1010 g/mol. The van der Waals surface area contributed by atoms with E-state index in [-0.39, 0.29) is 0 Å². The summed E-state index contributed by atoms with van der Waals surface area (Å²) in [6.45, 7) is 0. The van der Waals surface area contributed by atoms with Crippen molar-refractivity contribution in [2.75, 3.05) is 4.90 Å². The third-order valence-electron chi connectivity index (χ3n) is 18.0. The first kappa shape index (κ1) is 47.1. The fourth-order valence-electron chi connectivity index (χ4n) is 14.6. The first-order chi connectivity index (χ1) is 41.1. The van der Waals surface area contributed by atoms with Crippen LogP contribution in [0.4, 0.5) is 17.1 Å². The number of hydrogen-bond acceptors (Lipinski definition) is 3. The van der Waals surface area contributed by atoms with Crippen molar-refractivity contribution in [2.45, 2.75) is 10.8 Å². The SMILES string of the molecule is c1ccc(-c2cccc(-c3ccc(N(c4cccc(-c5ccc6c(c5)-c5ccccc5C65c6ccccc6Oc6ccccc65)c4)c4cccc(-c5cccc6c5-c5ccccc5C65c6ccccc6Oc6ccccc65)c4)cc3)c2)cc1. The molecule has 0 radical (unpaired) electrons. The quantitative estimate of drug-likeness (QED) is 0.159. The minimum Gasteiger partial charge on any atom is -0.457 e. The zero-order valence-electron chi connectivity index (χ0n) is 45.2. The average Bonchev–Trinajstić information content (AvgIpc) is 1.65. The van der Waals surface area contributed by atoms with Gasteiger partial charge in [0.2, 0.25) is 0 Å². The average molecular weight is 1060 g/mol. The van der Waals surface area contributed by atoms with Crippen molar-refractivity contribution in [3.63, 3.8) is 0 Å². The maximum absolute atomic E-state index is 6.70. The molecule has 0 N–H and O–H groups in total. The molecular formula is C80H51NO2. The zero-order valence-corrected chi connectivity index (χ0v) is 45.2. The molecule has 2 aliphatic heterocycles. The van der Waals surface area contributed by atoms with Crippen LogP contribution in [0.25, 0.3) is 66.8 Å². The molecule has 2 heterocycles. The van der Waals surface area contributed by atoms with Gasteiger partial charge in [-0.05, 0) is 162 Å². The van der Waals surface area contributed by atoms with Gasteiger partial charge in [0, 0.05) is 39.3 Å². The molecule has 4 aliphatic rings. The number of fused-ring (bicyclic) bond motifs is 18. The number of nitrogens with zero attached hydrogens (tertiary/aromatic N) is 1. The molecule has 0 atom stereocenters. The summed E-state index contributed by atoms with van der Waals surface area (Å²) in [5, 5.41) is 0. The van der Waals surface area contributed by atoms with Crippen molar-refractivity contribution in [3.8, 4) is 89.8 Å². The number of hydrogen-bond donors (Lipinski definition) is 0. The zero-order chi connectivity index (χ0) is 54.6. The van der Waals surface area contributed by atoms with E-state index in [1.165, 1.54) is 66.8 Å². The van der Waals surface area contributed by atoms with Crippen molar-refractivity contribution in [1.29, 1.82) is 0 Å². The first-order valence-electron chi connectivity index (χ1n) is 28.6. The van der Waals surface area contributed by atoms with Crippen LogP contribution in [0.3, 0.4) is 0 Å². The van der Waals surface area contributed by atoms with Crippen molar-refractivity contribution in [1.82, 2.24) is 0 Å². The van der Waals surface area contributed by atoms with Crippen LogP contribution in [0.15, 0.2) is 309 Å². The summed E-state index contributed by atoms with van der Waals surface area (Å²) in [5.74, 6) is 3.56. The largest absolute Gasteiger partial charge is 0.457 e. The molecule has 0 fully saturated rings. The van der Waals surface area contributed by atoms with Gasteiger partial charge in [0.25, 0.3) is 0 Å². The lowest BCUT2D eigenvalue weighted by atomic mass is 9.66. The van der Waals surface area contributed by atoms with Gasteiger partial charge in [0.1, 0.15) is 23.0 Å². The lowest BCUT2D eigenvalue weighted by molar-refractivity contribution is 0.436. The van der Waals surface area contributed by atoms with Crippen molar-refractivity contribution < 1.29 is 9.47 Å². The lowest BCUT2D eigenvalue weighted by Crippen LogP contribution is -2.32. The summed E-state index contributed by atoms with van der Waals surface area (Å²) >= 11 is 0. The highest BCUT2D eigenvalue weighted by molar-refractivity contribution is 5.98. The topological polar surface area (TPSA) is 21.7 Å². The highest BCUT2D eigenvalue weighted by Crippen LogP contribution is 2.65. The van der Waals surface area contributed by atoms with Crippen molar-refractivity contribution >= 4 is 17.1 Å².